The van der Waals surface area contributed by atoms with Gasteiger partial charge in [-0.25, -0.2) is 0 Å². The van der Waals surface area contributed by atoms with E-state index < -0.39 is 29.1 Å². The van der Waals surface area contributed by atoms with E-state index in [4.69, 9.17) is 4.74 Å². The molecule has 0 radical (unpaired) electrons. The number of rotatable bonds is 4. The van der Waals surface area contributed by atoms with Crippen LogP contribution in [0.25, 0.3) is 5.70 Å². The number of allylic oxidation sites excluding steroid dienone is 1. The first kappa shape index (κ1) is 18.4. The van der Waals surface area contributed by atoms with E-state index in [1.807, 2.05) is 0 Å². The Labute approximate surface area is 151 Å². The van der Waals surface area contributed by atoms with Crippen molar-refractivity contribution in [2.45, 2.75) is 6.18 Å². The molecule has 0 atom stereocenters. The van der Waals surface area contributed by atoms with E-state index in [1.54, 1.807) is 18.2 Å². The van der Waals surface area contributed by atoms with Crippen LogP contribution in [0.1, 0.15) is 26.3 Å². The number of fused-ring (bicyclic) bond motifs is 1. The molecule has 0 spiro atoms. The third-order valence-electron chi connectivity index (χ3n) is 3.95. The van der Waals surface area contributed by atoms with Crippen LogP contribution >= 0.6 is 0 Å². The average Bonchev–Trinajstić information content (AvgIpc) is 2.64. The lowest BCUT2D eigenvalue weighted by Crippen LogP contribution is -2.23. The molecule has 0 aliphatic heterocycles. The first-order chi connectivity index (χ1) is 12.7. The lowest BCUT2D eigenvalue weighted by Gasteiger charge is -2.19. The van der Waals surface area contributed by atoms with Gasteiger partial charge in [-0.2, -0.15) is 13.2 Å². The molecule has 2 aromatic rings. The molecule has 1 aliphatic rings. The van der Waals surface area contributed by atoms with Gasteiger partial charge < -0.3 is 10.1 Å². The number of anilines is 1. The van der Waals surface area contributed by atoms with Crippen molar-refractivity contribution >= 4 is 28.7 Å². The molecular formula is C19H12F3NO4. The van der Waals surface area contributed by atoms with Crippen molar-refractivity contribution in [1.82, 2.24) is 0 Å². The van der Waals surface area contributed by atoms with Crippen molar-refractivity contribution in [3.63, 3.8) is 0 Å². The van der Waals surface area contributed by atoms with Gasteiger partial charge in [-0.15, -0.1) is 0 Å². The Kier molecular flexibility index (Phi) is 4.57. The van der Waals surface area contributed by atoms with Crippen LogP contribution in [0, 0.1) is 0 Å². The minimum Gasteiger partial charge on any atom is -0.495 e. The molecule has 1 aliphatic carbocycles. The second kappa shape index (κ2) is 6.71. The van der Waals surface area contributed by atoms with Crippen LogP contribution in [0.4, 0.5) is 18.9 Å². The number of hydrogen-bond donors (Lipinski definition) is 1. The Morgan fingerprint density at radius 3 is 2.33 bits per heavy atom. The van der Waals surface area contributed by atoms with Gasteiger partial charge in [0.15, 0.2) is 0 Å². The molecule has 138 valence electrons. The molecule has 3 rings (SSSR count). The molecular weight excluding hydrogens is 363 g/mol. The van der Waals surface area contributed by atoms with Crippen LogP contribution < -0.4 is 10.1 Å². The predicted octanol–water partition coefficient (Wildman–Crippen LogP) is 3.66. The Balaban J connectivity index is 2.05. The van der Waals surface area contributed by atoms with Crippen molar-refractivity contribution in [1.29, 1.82) is 0 Å². The number of alkyl halides is 3. The number of hydrogen-bond acceptors (Lipinski definition) is 5. The van der Waals surface area contributed by atoms with E-state index in [-0.39, 0.29) is 22.7 Å². The van der Waals surface area contributed by atoms with E-state index in [0.717, 1.165) is 18.2 Å². The SMILES string of the molecule is COc1ccc(C(=O)C(F)(F)F)cc1NC1=CC(=O)C(=O)c2ccccc21. The van der Waals surface area contributed by atoms with Crippen molar-refractivity contribution in [3.8, 4) is 5.75 Å². The summed E-state index contributed by atoms with van der Waals surface area (Å²) >= 11 is 0. The van der Waals surface area contributed by atoms with Gasteiger partial charge in [0, 0.05) is 22.8 Å². The lowest BCUT2D eigenvalue weighted by molar-refractivity contribution is -0.111. The quantitative estimate of drug-likeness (QED) is 0.652. The third-order valence-corrected chi connectivity index (χ3v) is 3.95. The van der Waals surface area contributed by atoms with Gasteiger partial charge >= 0.3 is 6.18 Å². The molecule has 0 fully saturated rings. The van der Waals surface area contributed by atoms with E-state index in [0.29, 0.717) is 5.56 Å². The van der Waals surface area contributed by atoms with Gasteiger partial charge in [-0.3, -0.25) is 14.4 Å². The molecule has 8 heteroatoms. The standard InChI is InChI=1S/C19H12F3NO4/c1-27-16-7-6-10(18(26)19(20,21)22)8-14(16)23-13-9-15(24)17(25)12-5-3-2-4-11(12)13/h2-9,23H,1H3. The van der Waals surface area contributed by atoms with Crippen molar-refractivity contribution in [2.24, 2.45) is 0 Å². The van der Waals surface area contributed by atoms with Gasteiger partial charge in [0.2, 0.25) is 11.6 Å². The molecule has 5 nitrogen and oxygen atoms in total. The summed E-state index contributed by atoms with van der Waals surface area (Å²) in [7, 11) is 1.31. The van der Waals surface area contributed by atoms with Crippen LogP contribution in [-0.4, -0.2) is 30.6 Å². The smallest absolute Gasteiger partial charge is 0.454 e. The van der Waals surface area contributed by atoms with Crippen LogP contribution in [0.15, 0.2) is 48.5 Å². The maximum Gasteiger partial charge on any atom is 0.454 e. The summed E-state index contributed by atoms with van der Waals surface area (Å²) in [5.41, 5.74) is 0.268. The number of carbonyl (C=O) groups excluding carboxylic acids is 3. The monoisotopic (exact) mass is 375 g/mol. The molecule has 27 heavy (non-hydrogen) atoms. The second-order valence-corrected chi connectivity index (χ2v) is 5.66. The van der Waals surface area contributed by atoms with Gasteiger partial charge in [-0.1, -0.05) is 24.3 Å². The summed E-state index contributed by atoms with van der Waals surface area (Å²) in [6.07, 6.45) is -3.96. The fourth-order valence-electron chi connectivity index (χ4n) is 2.68. The summed E-state index contributed by atoms with van der Waals surface area (Å²) in [5.74, 6) is -3.28. The maximum atomic E-state index is 12.7. The number of Topliss-reactive ketones (excluding diaryl/α,β-unsaturated/α-hetero) is 2. The predicted molar refractivity (Wildman–Crippen MR) is 90.8 cm³/mol. The van der Waals surface area contributed by atoms with Crippen LogP contribution in [-0.2, 0) is 4.79 Å². The molecule has 0 saturated carbocycles. The van der Waals surface area contributed by atoms with Gasteiger partial charge in [0.05, 0.1) is 18.5 Å². The number of halogens is 3. The lowest BCUT2D eigenvalue weighted by atomic mass is 9.92. The van der Waals surface area contributed by atoms with Gasteiger partial charge in [0.25, 0.3) is 5.78 Å². The maximum absolute atomic E-state index is 12.7. The molecule has 0 amide bonds. The molecule has 0 heterocycles. The highest BCUT2D eigenvalue weighted by atomic mass is 19.4. The van der Waals surface area contributed by atoms with E-state index >= 15 is 0 Å². The number of nitrogens with one attached hydrogen (secondary N) is 1. The Morgan fingerprint density at radius 1 is 1.04 bits per heavy atom. The van der Waals surface area contributed by atoms with Gasteiger partial charge in [0.1, 0.15) is 5.75 Å². The Bertz CT molecular complexity index is 993. The summed E-state index contributed by atoms with van der Waals surface area (Å²) in [6.45, 7) is 0. The Morgan fingerprint density at radius 2 is 1.70 bits per heavy atom. The highest BCUT2D eigenvalue weighted by Gasteiger charge is 2.39. The zero-order chi connectivity index (χ0) is 19.8. The van der Waals surface area contributed by atoms with Crippen LogP contribution in [0.2, 0.25) is 0 Å². The number of benzene rings is 2. The second-order valence-electron chi connectivity index (χ2n) is 5.66. The summed E-state index contributed by atoms with van der Waals surface area (Å²) in [5, 5.41) is 2.80. The van der Waals surface area contributed by atoms with E-state index in [9.17, 15) is 27.6 Å². The van der Waals surface area contributed by atoms with Crippen LogP contribution in [0.5, 0.6) is 5.75 Å². The number of carbonyl (C=O) groups is 3. The van der Waals surface area contributed by atoms with Gasteiger partial charge in [-0.05, 0) is 18.2 Å². The number of ether oxygens (including phenoxy) is 1. The Hall–Kier alpha value is -3.42. The fraction of sp³-hybridized carbons (Fsp3) is 0.105. The fourth-order valence-corrected chi connectivity index (χ4v) is 2.68. The largest absolute Gasteiger partial charge is 0.495 e. The van der Waals surface area contributed by atoms with Crippen molar-refractivity contribution < 1.29 is 32.3 Å². The highest BCUT2D eigenvalue weighted by molar-refractivity contribution is 6.50. The van der Waals surface area contributed by atoms with E-state index in [2.05, 4.69) is 5.32 Å². The third kappa shape index (κ3) is 3.46. The molecule has 0 bridgehead atoms. The summed E-state index contributed by atoms with van der Waals surface area (Å²) in [4.78, 5) is 35.4. The molecule has 0 saturated heterocycles. The number of ketones is 3. The van der Waals surface area contributed by atoms with Crippen molar-refractivity contribution in [2.75, 3.05) is 12.4 Å². The number of methoxy groups -OCH3 is 1. The zero-order valence-electron chi connectivity index (χ0n) is 13.9. The molecule has 0 aromatic heterocycles. The molecule has 0 unspecified atom stereocenters. The van der Waals surface area contributed by atoms with Crippen molar-refractivity contribution in [3.05, 3.63) is 65.2 Å². The normalized spacial score (nSPS) is 13.7. The minimum atomic E-state index is -5.02. The average molecular weight is 375 g/mol. The molecule has 2 aromatic carbocycles. The first-order valence-corrected chi connectivity index (χ1v) is 7.68. The summed E-state index contributed by atoms with van der Waals surface area (Å²) in [6, 6.07) is 9.51. The zero-order valence-corrected chi connectivity index (χ0v) is 13.9. The minimum absolute atomic E-state index is 0.0517. The topological polar surface area (TPSA) is 72.5 Å². The van der Waals surface area contributed by atoms with E-state index in [1.165, 1.54) is 19.2 Å². The highest BCUT2D eigenvalue weighted by Crippen LogP contribution is 2.33. The molecule has 1 N–H and O–H groups in total. The first-order valence-electron chi connectivity index (χ1n) is 7.68. The summed E-state index contributed by atoms with van der Waals surface area (Å²) < 4.78 is 43.2. The van der Waals surface area contributed by atoms with Crippen LogP contribution in [0.3, 0.4) is 0 Å².